The first-order valence-electron chi connectivity index (χ1n) is 11.3. The van der Waals surface area contributed by atoms with Gasteiger partial charge in [0.25, 0.3) is 5.91 Å². The number of Topliss-reactive ketones (excluding diaryl/α,β-unsaturated/α-hetero) is 1. The van der Waals surface area contributed by atoms with E-state index in [1.165, 1.54) is 5.01 Å². The van der Waals surface area contributed by atoms with Gasteiger partial charge in [0.15, 0.2) is 0 Å². The van der Waals surface area contributed by atoms with Crippen LogP contribution in [0.4, 0.5) is 0 Å². The summed E-state index contributed by atoms with van der Waals surface area (Å²) in [5.74, 6) is -1.41. The van der Waals surface area contributed by atoms with Crippen molar-refractivity contribution in [1.82, 2.24) is 5.01 Å². The second-order valence-electron chi connectivity index (χ2n) is 8.31. The van der Waals surface area contributed by atoms with Crippen molar-refractivity contribution < 1.29 is 19.1 Å². The average molecular weight is 433 g/mol. The van der Waals surface area contributed by atoms with E-state index >= 15 is 0 Å². The number of amides is 1. The Kier molecular flexibility index (Phi) is 6.78. The number of carbonyl (C=O) groups is 3. The summed E-state index contributed by atoms with van der Waals surface area (Å²) in [5.41, 5.74) is 3.03. The van der Waals surface area contributed by atoms with Gasteiger partial charge < -0.3 is 4.74 Å². The maximum atomic E-state index is 13.6. The average Bonchev–Trinajstić information content (AvgIpc) is 3.32. The van der Waals surface area contributed by atoms with Gasteiger partial charge in [-0.15, -0.1) is 0 Å². The third-order valence-corrected chi connectivity index (χ3v) is 6.21. The topological polar surface area (TPSA) is 76.0 Å². The maximum absolute atomic E-state index is 13.6. The van der Waals surface area contributed by atoms with Crippen molar-refractivity contribution in [2.24, 2.45) is 11.0 Å². The van der Waals surface area contributed by atoms with Crippen molar-refractivity contribution in [2.75, 3.05) is 13.2 Å². The summed E-state index contributed by atoms with van der Waals surface area (Å²) in [7, 11) is 0. The first kappa shape index (κ1) is 21.9. The summed E-state index contributed by atoms with van der Waals surface area (Å²) in [4.78, 5) is 39.0. The highest BCUT2D eigenvalue weighted by atomic mass is 16.5. The predicted molar refractivity (Wildman–Crippen MR) is 121 cm³/mol. The summed E-state index contributed by atoms with van der Waals surface area (Å²) in [5, 5.41) is 5.82. The minimum Gasteiger partial charge on any atom is -0.465 e. The molecule has 1 unspecified atom stereocenters. The molecule has 6 heteroatoms. The molecular weight excluding hydrogens is 404 g/mol. The quantitative estimate of drug-likeness (QED) is 0.618. The number of ketones is 1. The Labute approximate surface area is 188 Å². The first-order chi connectivity index (χ1) is 15.6. The zero-order valence-corrected chi connectivity index (χ0v) is 18.3. The van der Waals surface area contributed by atoms with E-state index in [9.17, 15) is 14.4 Å². The van der Waals surface area contributed by atoms with Crippen LogP contribution in [-0.4, -0.2) is 41.5 Å². The lowest BCUT2D eigenvalue weighted by Crippen LogP contribution is -2.36. The molecule has 32 heavy (non-hydrogen) atoms. The van der Waals surface area contributed by atoms with E-state index in [-0.39, 0.29) is 37.2 Å². The largest absolute Gasteiger partial charge is 0.465 e. The van der Waals surface area contributed by atoms with Crippen LogP contribution in [0.5, 0.6) is 0 Å². The number of rotatable bonds is 7. The van der Waals surface area contributed by atoms with E-state index in [1.807, 2.05) is 54.6 Å². The van der Waals surface area contributed by atoms with Crippen LogP contribution in [0.3, 0.4) is 0 Å². The van der Waals surface area contributed by atoms with E-state index < -0.39 is 11.9 Å². The molecule has 0 aromatic heterocycles. The van der Waals surface area contributed by atoms with Crippen molar-refractivity contribution in [3.63, 3.8) is 0 Å². The number of fused-ring (bicyclic) bond motifs is 1. The number of nitrogens with zero attached hydrogens (tertiary/aromatic N) is 2. The molecule has 1 aliphatic heterocycles. The molecule has 1 heterocycles. The highest BCUT2D eigenvalue weighted by molar-refractivity contribution is 6.16. The maximum Gasteiger partial charge on any atom is 0.327 e. The molecular formula is C26H28N2O4. The molecule has 0 radical (unpaired) electrons. The van der Waals surface area contributed by atoms with Crippen LogP contribution in [0.15, 0.2) is 59.7 Å². The van der Waals surface area contributed by atoms with Crippen LogP contribution in [0.1, 0.15) is 61.6 Å². The Morgan fingerprint density at radius 1 is 1.03 bits per heavy atom. The molecule has 4 rings (SSSR count). The van der Waals surface area contributed by atoms with E-state index in [2.05, 4.69) is 5.10 Å². The number of esters is 1. The zero-order valence-electron chi connectivity index (χ0n) is 18.3. The van der Waals surface area contributed by atoms with Gasteiger partial charge in [-0.25, -0.2) is 5.01 Å². The van der Waals surface area contributed by atoms with Gasteiger partial charge in [-0.3, -0.25) is 14.4 Å². The van der Waals surface area contributed by atoms with Crippen LogP contribution in [0, 0.1) is 5.92 Å². The van der Waals surface area contributed by atoms with Gasteiger partial charge in [0.2, 0.25) is 0 Å². The number of hydrazone groups is 1. The fraction of sp³-hybridized carbons (Fsp3) is 0.385. The second-order valence-corrected chi connectivity index (χ2v) is 8.31. The molecule has 0 N–H and O–H groups in total. The molecule has 0 saturated heterocycles. The standard InChI is InChI=1S/C26H28N2O4/c1-2-32-24(30)17-28-26(31)22(16-23(29)18-10-6-7-11-18)20-14-8-9-15-21(20)25(27-28)19-12-4-3-5-13-19/h3-5,8-9,12-15,18,22H,2,6-7,10-11,16-17H2,1H3. The number of hydrogen-bond donors (Lipinski definition) is 0. The Morgan fingerprint density at radius 2 is 1.72 bits per heavy atom. The van der Waals surface area contributed by atoms with Crippen molar-refractivity contribution in [1.29, 1.82) is 0 Å². The fourth-order valence-electron chi connectivity index (χ4n) is 4.62. The molecule has 2 aliphatic rings. The normalized spacial score (nSPS) is 18.7. The van der Waals surface area contributed by atoms with Gasteiger partial charge in [-0.2, -0.15) is 5.10 Å². The van der Waals surface area contributed by atoms with Crippen molar-refractivity contribution in [3.05, 3.63) is 71.3 Å². The van der Waals surface area contributed by atoms with Crippen LogP contribution >= 0.6 is 0 Å². The number of hydrogen-bond acceptors (Lipinski definition) is 5. The molecule has 166 valence electrons. The van der Waals surface area contributed by atoms with E-state index in [4.69, 9.17) is 4.74 Å². The van der Waals surface area contributed by atoms with Crippen molar-refractivity contribution >= 4 is 23.4 Å². The molecule has 1 atom stereocenters. The number of ether oxygens (including phenoxy) is 1. The summed E-state index contributed by atoms with van der Waals surface area (Å²) < 4.78 is 5.08. The zero-order chi connectivity index (χ0) is 22.5. The van der Waals surface area contributed by atoms with Gasteiger partial charge in [-0.05, 0) is 25.3 Å². The lowest BCUT2D eigenvalue weighted by molar-refractivity contribution is -0.149. The Morgan fingerprint density at radius 3 is 2.44 bits per heavy atom. The fourth-order valence-corrected chi connectivity index (χ4v) is 4.62. The highest BCUT2D eigenvalue weighted by Gasteiger charge is 2.37. The summed E-state index contributed by atoms with van der Waals surface area (Å²) in [6, 6.07) is 17.2. The summed E-state index contributed by atoms with van der Waals surface area (Å²) >= 11 is 0. The van der Waals surface area contributed by atoms with Crippen LogP contribution in [0.25, 0.3) is 0 Å². The van der Waals surface area contributed by atoms with Crippen molar-refractivity contribution in [3.8, 4) is 0 Å². The molecule has 2 aromatic carbocycles. The first-order valence-corrected chi connectivity index (χ1v) is 11.3. The minimum absolute atomic E-state index is 0.0197. The molecule has 6 nitrogen and oxygen atoms in total. The highest BCUT2D eigenvalue weighted by Crippen LogP contribution is 2.34. The van der Waals surface area contributed by atoms with E-state index in [0.29, 0.717) is 5.71 Å². The summed E-state index contributed by atoms with van der Waals surface area (Å²) in [6.45, 7) is 1.66. The molecule has 1 fully saturated rings. The predicted octanol–water partition coefficient (Wildman–Crippen LogP) is 4.08. The molecule has 1 amide bonds. The third-order valence-electron chi connectivity index (χ3n) is 6.21. The molecule has 1 saturated carbocycles. The van der Waals surface area contributed by atoms with Gasteiger partial charge in [-0.1, -0.05) is 67.4 Å². The smallest absolute Gasteiger partial charge is 0.327 e. The molecule has 2 aromatic rings. The SMILES string of the molecule is CCOC(=O)CN1N=C(c2ccccc2)c2ccccc2C(CC(=O)C2CCCC2)C1=O. The van der Waals surface area contributed by atoms with Gasteiger partial charge >= 0.3 is 5.97 Å². The van der Waals surface area contributed by atoms with Crippen molar-refractivity contribution in [2.45, 2.75) is 44.9 Å². The van der Waals surface area contributed by atoms with Crippen LogP contribution < -0.4 is 0 Å². The molecule has 0 spiro atoms. The lowest BCUT2D eigenvalue weighted by Gasteiger charge is -2.22. The third kappa shape index (κ3) is 4.64. The van der Waals surface area contributed by atoms with E-state index in [1.54, 1.807) is 6.92 Å². The van der Waals surface area contributed by atoms with Crippen LogP contribution in [-0.2, 0) is 19.1 Å². The Hall–Kier alpha value is -3.28. The molecule has 0 bridgehead atoms. The lowest BCUT2D eigenvalue weighted by atomic mass is 9.84. The van der Waals surface area contributed by atoms with Crippen LogP contribution in [0.2, 0.25) is 0 Å². The number of carbonyl (C=O) groups excluding carboxylic acids is 3. The molecule has 1 aliphatic carbocycles. The minimum atomic E-state index is -0.682. The van der Waals surface area contributed by atoms with Gasteiger partial charge in [0, 0.05) is 23.5 Å². The Bertz CT molecular complexity index is 1030. The second kappa shape index (κ2) is 9.90. The number of benzene rings is 2. The Balaban J connectivity index is 1.77. The van der Waals surface area contributed by atoms with E-state index in [0.717, 1.165) is 42.4 Å². The van der Waals surface area contributed by atoms with Gasteiger partial charge in [0.05, 0.1) is 18.2 Å². The summed E-state index contributed by atoms with van der Waals surface area (Å²) in [6.07, 6.45) is 4.01. The van der Waals surface area contributed by atoms with Gasteiger partial charge in [0.1, 0.15) is 12.3 Å². The monoisotopic (exact) mass is 432 g/mol.